The van der Waals surface area contributed by atoms with Gasteiger partial charge in [-0.05, 0) is 56.7 Å². The van der Waals surface area contributed by atoms with Gasteiger partial charge in [-0.3, -0.25) is 4.40 Å². The summed E-state index contributed by atoms with van der Waals surface area (Å²) in [5.41, 5.74) is 2.37. The van der Waals surface area contributed by atoms with E-state index in [-0.39, 0.29) is 33.7 Å². The number of aryl methyl sites for hydroxylation is 1. The fraction of sp³-hybridized carbons (Fsp3) is 0.435. The van der Waals surface area contributed by atoms with E-state index in [2.05, 4.69) is 26.8 Å². The Hall–Kier alpha value is -2.83. The summed E-state index contributed by atoms with van der Waals surface area (Å²) in [5.74, 6) is 0.842. The van der Waals surface area contributed by atoms with E-state index in [0.29, 0.717) is 29.8 Å². The Bertz CT molecular complexity index is 1650. The van der Waals surface area contributed by atoms with Crippen LogP contribution in [0.2, 0.25) is 0 Å². The van der Waals surface area contributed by atoms with E-state index >= 15 is 0 Å². The number of sulfonamides is 1. The smallest absolute Gasteiger partial charge is 0.269 e. The normalized spacial score (nSPS) is 23.4. The lowest BCUT2D eigenvalue weighted by atomic mass is 9.97. The zero-order chi connectivity index (χ0) is 24.5. The summed E-state index contributed by atoms with van der Waals surface area (Å²) in [4.78, 5) is 4.58. The minimum Gasteiger partial charge on any atom is -0.274 e. The molecule has 0 aliphatic heterocycles. The van der Waals surface area contributed by atoms with Gasteiger partial charge in [-0.25, -0.2) is 30.5 Å². The second kappa shape index (κ2) is 7.84. The molecule has 0 radical (unpaired) electrons. The maximum absolute atomic E-state index is 13.3. The van der Waals surface area contributed by atoms with Crippen molar-refractivity contribution in [3.8, 4) is 0 Å². The van der Waals surface area contributed by atoms with Gasteiger partial charge in [0.1, 0.15) is 5.82 Å². The van der Waals surface area contributed by atoms with Gasteiger partial charge in [-0.15, -0.1) is 10.2 Å². The van der Waals surface area contributed by atoms with E-state index in [1.807, 2.05) is 11.3 Å². The van der Waals surface area contributed by atoms with Crippen LogP contribution in [0.5, 0.6) is 0 Å². The van der Waals surface area contributed by atoms with Gasteiger partial charge in [-0.1, -0.05) is 24.6 Å². The first-order valence-electron chi connectivity index (χ1n) is 11.7. The summed E-state index contributed by atoms with van der Waals surface area (Å²) in [5, 5.41) is 8.45. The van der Waals surface area contributed by atoms with Crippen molar-refractivity contribution in [2.75, 3.05) is 0 Å². The molecular weight excluding hydrogens is 488 g/mol. The minimum absolute atomic E-state index is 0.0282. The molecule has 2 aliphatic rings. The molecule has 0 saturated heterocycles. The highest BCUT2D eigenvalue weighted by atomic mass is 32.2. The van der Waals surface area contributed by atoms with Crippen LogP contribution < -0.4 is 4.72 Å². The molecule has 4 aromatic rings. The lowest BCUT2D eigenvalue weighted by molar-refractivity contribution is 0.505. The lowest BCUT2D eigenvalue weighted by Gasteiger charge is -2.14. The van der Waals surface area contributed by atoms with Crippen LogP contribution in [0.4, 0.5) is 0 Å². The molecule has 0 bridgehead atoms. The van der Waals surface area contributed by atoms with Gasteiger partial charge in [0.25, 0.3) is 10.0 Å². The van der Waals surface area contributed by atoms with Crippen LogP contribution in [-0.2, 0) is 20.0 Å². The molecule has 3 atom stereocenters. The average molecular weight is 515 g/mol. The van der Waals surface area contributed by atoms with Gasteiger partial charge in [-0.2, -0.15) is 0 Å². The van der Waals surface area contributed by atoms with E-state index in [1.165, 1.54) is 16.4 Å². The summed E-state index contributed by atoms with van der Waals surface area (Å²) in [6.07, 6.45) is 5.79. The highest BCUT2D eigenvalue weighted by Gasteiger charge is 2.41. The molecule has 1 N–H and O–H groups in total. The monoisotopic (exact) mass is 514 g/mol. The van der Waals surface area contributed by atoms with Crippen LogP contribution in [0.25, 0.3) is 16.8 Å². The van der Waals surface area contributed by atoms with Gasteiger partial charge in [0.15, 0.2) is 11.3 Å². The highest BCUT2D eigenvalue weighted by Crippen LogP contribution is 2.40. The average Bonchev–Trinajstić information content (AvgIpc) is 3.30. The SMILES string of the molecule is Cc1ccc(S(=O)(=O)n2ccc3c2ncc2nnc(C4CC(NS(=O)(=O)C5CC5)CC4C)n23)cc1. The molecule has 3 aromatic heterocycles. The van der Waals surface area contributed by atoms with Crippen molar-refractivity contribution >= 4 is 36.9 Å². The molecule has 3 heterocycles. The summed E-state index contributed by atoms with van der Waals surface area (Å²) in [7, 11) is -7.12. The summed E-state index contributed by atoms with van der Waals surface area (Å²) < 4.78 is 57.5. The Morgan fingerprint density at radius 3 is 2.46 bits per heavy atom. The zero-order valence-corrected chi connectivity index (χ0v) is 21.0. The molecule has 0 amide bonds. The van der Waals surface area contributed by atoms with Crippen molar-refractivity contribution in [2.24, 2.45) is 5.92 Å². The third-order valence-corrected chi connectivity index (χ3v) is 10.8. The largest absolute Gasteiger partial charge is 0.274 e. The molecule has 35 heavy (non-hydrogen) atoms. The highest BCUT2D eigenvalue weighted by molar-refractivity contribution is 7.90. The standard InChI is InChI=1S/C23H26N6O4S2/c1-14-3-5-18(6-4-14)35(32,33)28-10-9-20-23(28)24-13-21-25-26-22(29(20)21)19-12-16(11-15(19)2)27-34(30,31)17-7-8-17/h3-6,9-10,13,15-17,19,27H,7-8,11-12H2,1-2H3. The van der Waals surface area contributed by atoms with Crippen LogP contribution in [0.1, 0.15) is 49.9 Å². The zero-order valence-electron chi connectivity index (χ0n) is 19.4. The maximum Gasteiger partial charge on any atom is 0.269 e. The molecule has 2 fully saturated rings. The predicted octanol–water partition coefficient (Wildman–Crippen LogP) is 2.59. The van der Waals surface area contributed by atoms with Crippen LogP contribution in [-0.4, -0.2) is 51.7 Å². The Balaban J connectivity index is 1.39. The van der Waals surface area contributed by atoms with Crippen molar-refractivity contribution in [2.45, 2.75) is 61.6 Å². The number of hydrogen-bond acceptors (Lipinski definition) is 7. The van der Waals surface area contributed by atoms with Crippen molar-refractivity contribution in [3.63, 3.8) is 0 Å². The molecule has 0 spiro atoms. The molecule has 1 aromatic carbocycles. The van der Waals surface area contributed by atoms with Crippen LogP contribution in [0, 0.1) is 12.8 Å². The van der Waals surface area contributed by atoms with Crippen LogP contribution in [0.15, 0.2) is 47.6 Å². The predicted molar refractivity (Wildman–Crippen MR) is 130 cm³/mol. The maximum atomic E-state index is 13.3. The number of aromatic nitrogens is 5. The molecule has 2 saturated carbocycles. The number of nitrogens with zero attached hydrogens (tertiary/aromatic N) is 5. The minimum atomic E-state index is -3.84. The third-order valence-electron chi connectivity index (χ3n) is 7.15. The number of nitrogens with one attached hydrogen (secondary N) is 1. The van der Waals surface area contributed by atoms with E-state index in [1.54, 1.807) is 30.3 Å². The van der Waals surface area contributed by atoms with Crippen LogP contribution in [0.3, 0.4) is 0 Å². The molecule has 10 nitrogen and oxygen atoms in total. The van der Waals surface area contributed by atoms with E-state index < -0.39 is 20.0 Å². The number of rotatable bonds is 6. The fourth-order valence-electron chi connectivity index (χ4n) is 5.12. The quantitative estimate of drug-likeness (QED) is 0.419. The second-order valence-electron chi connectivity index (χ2n) is 9.76. The van der Waals surface area contributed by atoms with Gasteiger partial charge < -0.3 is 0 Å². The Morgan fingerprint density at radius 2 is 1.74 bits per heavy atom. The molecule has 184 valence electrons. The van der Waals surface area contributed by atoms with Gasteiger partial charge in [0.2, 0.25) is 10.0 Å². The first kappa shape index (κ1) is 22.6. The fourth-order valence-corrected chi connectivity index (χ4v) is 8.02. The van der Waals surface area contributed by atoms with Crippen molar-refractivity contribution in [3.05, 3.63) is 54.1 Å². The molecule has 6 rings (SSSR count). The number of fused-ring (bicyclic) bond motifs is 3. The van der Waals surface area contributed by atoms with Crippen LogP contribution >= 0.6 is 0 Å². The topological polar surface area (TPSA) is 128 Å². The Kier molecular flexibility index (Phi) is 5.07. The lowest BCUT2D eigenvalue weighted by Crippen LogP contribution is -2.35. The van der Waals surface area contributed by atoms with Gasteiger partial charge >= 0.3 is 0 Å². The number of benzene rings is 1. The molecule has 3 unspecified atom stereocenters. The molecular formula is C23H26N6O4S2. The Labute approximate surface area is 203 Å². The molecule has 12 heteroatoms. The Morgan fingerprint density at radius 1 is 1.00 bits per heavy atom. The summed E-state index contributed by atoms with van der Waals surface area (Å²) in [6.45, 7) is 3.99. The van der Waals surface area contributed by atoms with Gasteiger partial charge in [0, 0.05) is 18.2 Å². The van der Waals surface area contributed by atoms with E-state index in [4.69, 9.17) is 0 Å². The van der Waals surface area contributed by atoms with Crippen molar-refractivity contribution in [1.82, 2.24) is 28.3 Å². The second-order valence-corrected chi connectivity index (χ2v) is 13.6. The van der Waals surface area contributed by atoms with Crippen molar-refractivity contribution < 1.29 is 16.8 Å². The third kappa shape index (κ3) is 3.74. The van der Waals surface area contributed by atoms with Crippen molar-refractivity contribution in [1.29, 1.82) is 0 Å². The van der Waals surface area contributed by atoms with E-state index in [9.17, 15) is 16.8 Å². The first-order chi connectivity index (χ1) is 16.6. The van der Waals surface area contributed by atoms with Gasteiger partial charge in [0.05, 0.1) is 21.9 Å². The number of hydrogen-bond donors (Lipinski definition) is 1. The first-order valence-corrected chi connectivity index (χ1v) is 14.7. The summed E-state index contributed by atoms with van der Waals surface area (Å²) >= 11 is 0. The van der Waals surface area contributed by atoms with E-state index in [0.717, 1.165) is 18.4 Å². The molecule has 2 aliphatic carbocycles. The summed E-state index contributed by atoms with van der Waals surface area (Å²) in [6, 6.07) is 8.25.